The Morgan fingerprint density at radius 2 is 2.12 bits per heavy atom. The fourth-order valence-electron chi connectivity index (χ4n) is 2.24. The highest BCUT2D eigenvalue weighted by atomic mass is 14.9. The van der Waals surface area contributed by atoms with E-state index in [1.165, 1.54) is 37.2 Å². The van der Waals surface area contributed by atoms with Crippen molar-refractivity contribution in [2.75, 3.05) is 25.0 Å². The largest absolute Gasteiger partial charge is 0.385 e. The second kappa shape index (κ2) is 5.90. The van der Waals surface area contributed by atoms with Crippen LogP contribution in [-0.4, -0.2) is 19.6 Å². The maximum atomic E-state index is 3.50. The summed E-state index contributed by atoms with van der Waals surface area (Å²) in [6, 6.07) is 8.79. The Bertz CT molecular complexity index is 299. The average molecular weight is 218 g/mol. The highest BCUT2D eigenvalue weighted by Gasteiger charge is 2.13. The Morgan fingerprint density at radius 3 is 2.75 bits per heavy atom. The zero-order valence-electron chi connectivity index (χ0n) is 10.1. The Kier molecular flexibility index (Phi) is 4.23. The van der Waals surface area contributed by atoms with E-state index in [-0.39, 0.29) is 0 Å². The van der Waals surface area contributed by atoms with Crippen LogP contribution in [0, 0.1) is 5.92 Å². The summed E-state index contributed by atoms with van der Waals surface area (Å²) in [5, 5.41) is 6.90. The number of hydrogen-bond donors (Lipinski definition) is 2. The van der Waals surface area contributed by atoms with Crippen LogP contribution in [0.3, 0.4) is 0 Å². The zero-order valence-corrected chi connectivity index (χ0v) is 10.1. The Labute approximate surface area is 98.4 Å². The molecule has 1 aliphatic rings. The first-order valence-corrected chi connectivity index (χ1v) is 6.42. The first-order chi connectivity index (χ1) is 7.88. The van der Waals surface area contributed by atoms with Crippen LogP contribution in [0.5, 0.6) is 0 Å². The normalized spacial score (nSPS) is 19.9. The molecule has 1 saturated heterocycles. The number of nitrogens with one attached hydrogen (secondary N) is 2. The van der Waals surface area contributed by atoms with Gasteiger partial charge in [0.05, 0.1) is 0 Å². The molecule has 0 saturated carbocycles. The number of hydrogen-bond acceptors (Lipinski definition) is 2. The van der Waals surface area contributed by atoms with E-state index in [1.807, 2.05) is 0 Å². The van der Waals surface area contributed by atoms with Gasteiger partial charge in [-0.3, -0.25) is 0 Å². The summed E-state index contributed by atoms with van der Waals surface area (Å²) >= 11 is 0. The topological polar surface area (TPSA) is 24.1 Å². The molecule has 1 atom stereocenters. The van der Waals surface area contributed by atoms with Crippen LogP contribution in [0.1, 0.15) is 25.3 Å². The Balaban J connectivity index is 1.71. The van der Waals surface area contributed by atoms with Gasteiger partial charge in [-0.2, -0.15) is 0 Å². The van der Waals surface area contributed by atoms with E-state index in [9.17, 15) is 0 Å². The molecular formula is C14H22N2. The van der Waals surface area contributed by atoms with E-state index >= 15 is 0 Å². The molecule has 0 radical (unpaired) electrons. The minimum absolute atomic E-state index is 0.877. The molecule has 1 aliphatic heterocycles. The quantitative estimate of drug-likeness (QED) is 0.794. The van der Waals surface area contributed by atoms with E-state index in [0.29, 0.717) is 0 Å². The molecule has 0 aromatic heterocycles. The van der Waals surface area contributed by atoms with Crippen molar-refractivity contribution in [1.82, 2.24) is 5.32 Å². The van der Waals surface area contributed by atoms with Crippen LogP contribution in [0.4, 0.5) is 5.69 Å². The highest BCUT2D eigenvalue weighted by molar-refractivity contribution is 5.44. The number of aryl methyl sites for hydroxylation is 1. The van der Waals surface area contributed by atoms with Gasteiger partial charge < -0.3 is 10.6 Å². The lowest BCUT2D eigenvalue weighted by Crippen LogP contribution is -2.12. The van der Waals surface area contributed by atoms with Crippen molar-refractivity contribution in [2.24, 2.45) is 5.92 Å². The third kappa shape index (κ3) is 3.24. The molecule has 16 heavy (non-hydrogen) atoms. The highest BCUT2D eigenvalue weighted by Crippen LogP contribution is 2.14. The standard InChI is InChI=1S/C14H22N2/c1-2-12-3-5-14(6-4-12)16-10-8-13-7-9-15-11-13/h3-6,13,15-16H,2,7-11H2,1H3. The monoisotopic (exact) mass is 218 g/mol. The summed E-state index contributed by atoms with van der Waals surface area (Å²) in [6.07, 6.45) is 3.74. The lowest BCUT2D eigenvalue weighted by atomic mass is 10.1. The summed E-state index contributed by atoms with van der Waals surface area (Å²) in [6.45, 7) is 5.69. The van der Waals surface area contributed by atoms with Gasteiger partial charge in [0.2, 0.25) is 0 Å². The maximum Gasteiger partial charge on any atom is 0.0340 e. The smallest absolute Gasteiger partial charge is 0.0340 e. The van der Waals surface area contributed by atoms with E-state index in [0.717, 1.165) is 18.9 Å². The summed E-state index contributed by atoms with van der Waals surface area (Å²) in [7, 11) is 0. The molecule has 2 N–H and O–H groups in total. The van der Waals surface area contributed by atoms with E-state index in [2.05, 4.69) is 41.8 Å². The van der Waals surface area contributed by atoms with Crippen molar-refractivity contribution in [3.8, 4) is 0 Å². The minimum atomic E-state index is 0.877. The van der Waals surface area contributed by atoms with Crippen molar-refractivity contribution >= 4 is 5.69 Å². The molecule has 88 valence electrons. The second-order valence-corrected chi connectivity index (χ2v) is 4.62. The van der Waals surface area contributed by atoms with Gasteiger partial charge >= 0.3 is 0 Å². The van der Waals surface area contributed by atoms with E-state index in [4.69, 9.17) is 0 Å². The zero-order chi connectivity index (χ0) is 11.2. The van der Waals surface area contributed by atoms with Crippen molar-refractivity contribution in [2.45, 2.75) is 26.2 Å². The maximum absolute atomic E-state index is 3.50. The molecule has 0 aliphatic carbocycles. The molecular weight excluding hydrogens is 196 g/mol. The van der Waals surface area contributed by atoms with E-state index in [1.54, 1.807) is 0 Å². The van der Waals surface area contributed by atoms with E-state index < -0.39 is 0 Å². The molecule has 1 heterocycles. The summed E-state index contributed by atoms with van der Waals surface area (Å²) in [5.74, 6) is 0.877. The second-order valence-electron chi connectivity index (χ2n) is 4.62. The van der Waals surface area contributed by atoms with Crippen LogP contribution in [0.25, 0.3) is 0 Å². The van der Waals surface area contributed by atoms with Gasteiger partial charge in [-0.05, 0) is 56.0 Å². The van der Waals surface area contributed by atoms with Crippen LogP contribution < -0.4 is 10.6 Å². The number of benzene rings is 1. The van der Waals surface area contributed by atoms with Gasteiger partial charge in [-0.25, -0.2) is 0 Å². The van der Waals surface area contributed by atoms with Crippen LogP contribution >= 0.6 is 0 Å². The van der Waals surface area contributed by atoms with Gasteiger partial charge in [0.1, 0.15) is 0 Å². The minimum Gasteiger partial charge on any atom is -0.385 e. The number of rotatable bonds is 5. The fourth-order valence-corrected chi connectivity index (χ4v) is 2.24. The lowest BCUT2D eigenvalue weighted by molar-refractivity contribution is 0.549. The molecule has 0 spiro atoms. The third-order valence-corrected chi connectivity index (χ3v) is 3.41. The van der Waals surface area contributed by atoms with Gasteiger partial charge in [-0.15, -0.1) is 0 Å². The molecule has 2 nitrogen and oxygen atoms in total. The first-order valence-electron chi connectivity index (χ1n) is 6.42. The summed E-state index contributed by atoms with van der Waals surface area (Å²) < 4.78 is 0. The van der Waals surface area contributed by atoms with Crippen molar-refractivity contribution in [3.63, 3.8) is 0 Å². The predicted octanol–water partition coefficient (Wildman–Crippen LogP) is 2.66. The van der Waals surface area contributed by atoms with Crippen LogP contribution in [0.15, 0.2) is 24.3 Å². The van der Waals surface area contributed by atoms with Crippen molar-refractivity contribution in [1.29, 1.82) is 0 Å². The molecule has 0 bridgehead atoms. The Hall–Kier alpha value is -1.02. The Morgan fingerprint density at radius 1 is 1.31 bits per heavy atom. The fraction of sp³-hybridized carbons (Fsp3) is 0.571. The molecule has 1 aromatic carbocycles. The molecule has 2 rings (SSSR count). The van der Waals surface area contributed by atoms with Crippen LogP contribution in [-0.2, 0) is 6.42 Å². The third-order valence-electron chi connectivity index (χ3n) is 3.41. The van der Waals surface area contributed by atoms with Crippen LogP contribution in [0.2, 0.25) is 0 Å². The molecule has 1 fully saturated rings. The summed E-state index contributed by atoms with van der Waals surface area (Å²) in [4.78, 5) is 0. The lowest BCUT2D eigenvalue weighted by Gasteiger charge is -2.10. The molecule has 1 unspecified atom stereocenters. The van der Waals surface area contributed by atoms with Gasteiger partial charge in [0.25, 0.3) is 0 Å². The van der Waals surface area contributed by atoms with Gasteiger partial charge in [0, 0.05) is 12.2 Å². The summed E-state index contributed by atoms with van der Waals surface area (Å²) in [5.41, 5.74) is 2.66. The molecule has 0 amide bonds. The van der Waals surface area contributed by atoms with Gasteiger partial charge in [0.15, 0.2) is 0 Å². The first kappa shape index (κ1) is 11.5. The van der Waals surface area contributed by atoms with Crippen molar-refractivity contribution in [3.05, 3.63) is 29.8 Å². The SMILES string of the molecule is CCc1ccc(NCCC2CCNC2)cc1. The predicted molar refractivity (Wildman–Crippen MR) is 69.9 cm³/mol. The number of anilines is 1. The van der Waals surface area contributed by atoms with Gasteiger partial charge in [-0.1, -0.05) is 19.1 Å². The van der Waals surface area contributed by atoms with Crippen molar-refractivity contribution < 1.29 is 0 Å². The average Bonchev–Trinajstić information content (AvgIpc) is 2.83. The molecule has 1 aromatic rings. The molecule has 2 heteroatoms.